The summed E-state index contributed by atoms with van der Waals surface area (Å²) in [4.78, 5) is 28.0. The molecule has 0 fully saturated rings. The van der Waals surface area contributed by atoms with Gasteiger partial charge in [-0.25, -0.2) is 0 Å². The van der Waals surface area contributed by atoms with Gasteiger partial charge in [-0.05, 0) is 73.2 Å². The number of nitrogens with one attached hydrogen (secondary N) is 2. The number of rotatable bonds is 10. The molecule has 1 amide bonds. The number of benzene rings is 3. The molecule has 1 aliphatic heterocycles. The minimum atomic E-state index is -0.551. The van der Waals surface area contributed by atoms with Gasteiger partial charge in [-0.3, -0.25) is 9.59 Å². The lowest BCUT2D eigenvalue weighted by atomic mass is 9.71. The number of methoxy groups -OCH3 is 3. The third kappa shape index (κ3) is 6.09. The zero-order valence-corrected chi connectivity index (χ0v) is 25.3. The summed E-state index contributed by atoms with van der Waals surface area (Å²) in [7, 11) is 4.77. The second kappa shape index (κ2) is 13.1. The van der Waals surface area contributed by atoms with Crippen LogP contribution in [0.1, 0.15) is 56.1 Å². The number of carbonyl (C=O) groups is 2. The van der Waals surface area contributed by atoms with E-state index in [1.54, 1.807) is 33.5 Å². The Bertz CT molecular complexity index is 1570. The van der Waals surface area contributed by atoms with Crippen molar-refractivity contribution in [2.75, 3.05) is 33.3 Å². The molecular weight excluding hydrogens is 544 g/mol. The maximum Gasteiger partial charge on any atom is 0.254 e. The fourth-order valence-corrected chi connectivity index (χ4v) is 5.93. The normalized spacial score (nSPS) is 18.0. The summed E-state index contributed by atoms with van der Waals surface area (Å²) in [5.41, 5.74) is 5.04. The number of allylic oxidation sites excluding steroid dienone is 3. The minimum Gasteiger partial charge on any atom is -0.495 e. The van der Waals surface area contributed by atoms with E-state index < -0.39 is 5.92 Å². The van der Waals surface area contributed by atoms with Crippen molar-refractivity contribution in [3.63, 3.8) is 0 Å². The molecule has 0 spiro atoms. The highest BCUT2D eigenvalue weighted by molar-refractivity contribution is 6.10. The average Bonchev–Trinajstić information content (AvgIpc) is 3.03. The molecule has 2 aliphatic rings. The van der Waals surface area contributed by atoms with Crippen molar-refractivity contribution in [1.29, 1.82) is 0 Å². The van der Waals surface area contributed by atoms with Crippen LogP contribution in [0, 0.1) is 0 Å². The fourth-order valence-electron chi connectivity index (χ4n) is 5.93. The van der Waals surface area contributed by atoms with Crippen molar-refractivity contribution in [2.24, 2.45) is 0 Å². The van der Waals surface area contributed by atoms with E-state index >= 15 is 0 Å². The highest BCUT2D eigenvalue weighted by Crippen LogP contribution is 2.47. The number of ether oxygens (including phenoxy) is 4. The molecule has 3 aromatic carbocycles. The molecule has 0 aromatic heterocycles. The summed E-state index contributed by atoms with van der Waals surface area (Å²) in [5.74, 6) is 1.66. The predicted molar refractivity (Wildman–Crippen MR) is 166 cm³/mol. The maximum absolute atomic E-state index is 14.1. The molecule has 0 unspecified atom stereocenters. The van der Waals surface area contributed by atoms with Crippen LogP contribution < -0.4 is 29.6 Å². The van der Waals surface area contributed by atoms with E-state index in [0.717, 1.165) is 29.0 Å². The van der Waals surface area contributed by atoms with E-state index in [-0.39, 0.29) is 17.6 Å². The monoisotopic (exact) mass is 582 g/mol. The molecule has 1 heterocycles. The van der Waals surface area contributed by atoms with Crippen LogP contribution in [0.2, 0.25) is 0 Å². The number of amides is 1. The van der Waals surface area contributed by atoms with Gasteiger partial charge in [-0.1, -0.05) is 37.3 Å². The number of ketones is 1. The van der Waals surface area contributed by atoms with E-state index in [0.29, 0.717) is 59.2 Å². The van der Waals surface area contributed by atoms with Gasteiger partial charge in [-0.15, -0.1) is 0 Å². The van der Waals surface area contributed by atoms with Crippen LogP contribution in [0.5, 0.6) is 23.0 Å². The molecule has 1 aliphatic carbocycles. The van der Waals surface area contributed by atoms with Gasteiger partial charge < -0.3 is 29.6 Å². The lowest BCUT2D eigenvalue weighted by Gasteiger charge is -2.37. The van der Waals surface area contributed by atoms with Crippen molar-refractivity contribution in [3.05, 3.63) is 100 Å². The Labute approximate surface area is 252 Å². The molecule has 43 heavy (non-hydrogen) atoms. The molecule has 8 nitrogen and oxygen atoms in total. The Balaban J connectivity index is 1.54. The summed E-state index contributed by atoms with van der Waals surface area (Å²) in [6.45, 7) is 4.56. The number of anilines is 1. The third-order valence-electron chi connectivity index (χ3n) is 7.99. The van der Waals surface area contributed by atoms with E-state index in [1.165, 1.54) is 0 Å². The number of hydrogen-bond donors (Lipinski definition) is 2. The van der Waals surface area contributed by atoms with Gasteiger partial charge in [0.1, 0.15) is 11.5 Å². The summed E-state index contributed by atoms with van der Waals surface area (Å²) >= 11 is 0. The van der Waals surface area contributed by atoms with Crippen LogP contribution in [-0.4, -0.2) is 39.6 Å². The van der Waals surface area contributed by atoms with Gasteiger partial charge in [0.25, 0.3) is 5.91 Å². The first-order chi connectivity index (χ1) is 20.9. The SMILES string of the molecule is CCCOc1ccc([C@@H]2C(C(=O)Nc3ccccc3OC)=C(C)NC3=C2C(=O)C[C@@H](c2ccc(OC)c(OC)c2)C3)cc1. The summed E-state index contributed by atoms with van der Waals surface area (Å²) in [6, 6.07) is 20.8. The third-order valence-corrected chi connectivity index (χ3v) is 7.99. The number of para-hydroxylation sites is 2. The smallest absolute Gasteiger partial charge is 0.254 e. The number of dihydropyridines is 1. The molecule has 0 saturated heterocycles. The molecule has 224 valence electrons. The fraction of sp³-hybridized carbons (Fsp3) is 0.314. The lowest BCUT2D eigenvalue weighted by Crippen LogP contribution is -2.37. The van der Waals surface area contributed by atoms with E-state index in [4.69, 9.17) is 18.9 Å². The van der Waals surface area contributed by atoms with E-state index in [2.05, 4.69) is 17.6 Å². The second-order valence-corrected chi connectivity index (χ2v) is 10.7. The van der Waals surface area contributed by atoms with Gasteiger partial charge in [0.15, 0.2) is 17.3 Å². The van der Waals surface area contributed by atoms with Gasteiger partial charge in [0.2, 0.25) is 0 Å². The summed E-state index contributed by atoms with van der Waals surface area (Å²) in [5, 5.41) is 6.47. The molecule has 2 atom stereocenters. The second-order valence-electron chi connectivity index (χ2n) is 10.7. The zero-order valence-electron chi connectivity index (χ0n) is 25.3. The van der Waals surface area contributed by atoms with Crippen molar-refractivity contribution in [2.45, 2.75) is 44.9 Å². The summed E-state index contributed by atoms with van der Waals surface area (Å²) < 4.78 is 22.2. The van der Waals surface area contributed by atoms with Crippen LogP contribution in [0.25, 0.3) is 0 Å². The summed E-state index contributed by atoms with van der Waals surface area (Å²) in [6.07, 6.45) is 1.82. The van der Waals surface area contributed by atoms with Crippen molar-refractivity contribution < 1.29 is 28.5 Å². The highest BCUT2D eigenvalue weighted by atomic mass is 16.5. The van der Waals surface area contributed by atoms with Crippen LogP contribution in [0.3, 0.4) is 0 Å². The Morgan fingerprint density at radius 3 is 2.28 bits per heavy atom. The first kappa shape index (κ1) is 29.8. The molecule has 0 radical (unpaired) electrons. The van der Waals surface area contributed by atoms with Crippen LogP contribution in [0.4, 0.5) is 5.69 Å². The molecular formula is C35H38N2O6. The van der Waals surface area contributed by atoms with Crippen LogP contribution in [0.15, 0.2) is 89.3 Å². The Morgan fingerprint density at radius 1 is 0.884 bits per heavy atom. The van der Waals surface area contributed by atoms with Crippen molar-refractivity contribution in [3.8, 4) is 23.0 Å². The van der Waals surface area contributed by atoms with Crippen molar-refractivity contribution >= 4 is 17.4 Å². The van der Waals surface area contributed by atoms with Gasteiger partial charge in [0.05, 0.1) is 33.6 Å². The quantitative estimate of drug-likeness (QED) is 0.282. The maximum atomic E-state index is 14.1. The first-order valence-corrected chi connectivity index (χ1v) is 14.5. The van der Waals surface area contributed by atoms with Crippen LogP contribution >= 0.6 is 0 Å². The Kier molecular flexibility index (Phi) is 9.04. The number of Topliss-reactive ketones (excluding diaryl/α,β-unsaturated/α-hetero) is 1. The van der Waals surface area contributed by atoms with Gasteiger partial charge in [-0.2, -0.15) is 0 Å². The lowest BCUT2D eigenvalue weighted by molar-refractivity contribution is -0.116. The van der Waals surface area contributed by atoms with E-state index in [1.807, 2.05) is 61.5 Å². The van der Waals surface area contributed by atoms with Crippen LogP contribution in [-0.2, 0) is 9.59 Å². The standard InChI is InChI=1S/C35H38N2O6/c1-6-17-43-25-14-11-22(12-15-25)33-32(35(39)37-26-9-7-8-10-29(26)40-3)21(2)36-27-18-24(19-28(38)34(27)33)23-13-16-30(41-4)31(20-23)42-5/h7-16,20,24,33,36H,6,17-19H2,1-5H3,(H,37,39)/t24-,33+/m0/s1. The zero-order chi connectivity index (χ0) is 30.5. The molecule has 2 N–H and O–H groups in total. The molecule has 0 bridgehead atoms. The van der Waals surface area contributed by atoms with E-state index in [9.17, 15) is 9.59 Å². The topological polar surface area (TPSA) is 95.1 Å². The first-order valence-electron chi connectivity index (χ1n) is 14.5. The highest BCUT2D eigenvalue weighted by Gasteiger charge is 2.41. The van der Waals surface area contributed by atoms with Gasteiger partial charge >= 0.3 is 0 Å². The number of carbonyl (C=O) groups excluding carboxylic acids is 2. The molecule has 3 aromatic rings. The minimum absolute atomic E-state index is 0.0000592. The number of hydrogen-bond acceptors (Lipinski definition) is 7. The van der Waals surface area contributed by atoms with Crippen molar-refractivity contribution in [1.82, 2.24) is 5.32 Å². The molecule has 5 rings (SSSR count). The molecule has 8 heteroatoms. The van der Waals surface area contributed by atoms with Gasteiger partial charge in [0, 0.05) is 34.9 Å². The average molecular weight is 583 g/mol. The Morgan fingerprint density at radius 2 is 1.58 bits per heavy atom. The largest absolute Gasteiger partial charge is 0.495 e. The molecule has 0 saturated carbocycles. The Hall–Kier alpha value is -4.72. The predicted octanol–water partition coefficient (Wildman–Crippen LogP) is 6.50.